The summed E-state index contributed by atoms with van der Waals surface area (Å²) in [6.07, 6.45) is 0. The van der Waals surface area contributed by atoms with E-state index in [4.69, 9.17) is 10.2 Å². The molecular weight excluding hydrogens is 277 g/mol. The Morgan fingerprint density at radius 3 is 1.07 bits per heavy atom. The number of carbonyl (C=O) groups is 2. The Bertz CT molecular complexity index is 290. The molecule has 4 nitrogen and oxygen atoms in total. The van der Waals surface area contributed by atoms with Crippen LogP contribution >= 0.6 is 0 Å². The molecule has 0 atom stereocenters. The van der Waals surface area contributed by atoms with Crippen molar-refractivity contribution in [1.29, 1.82) is 0 Å². The van der Waals surface area contributed by atoms with Crippen LogP contribution in [0.25, 0.3) is 0 Å². The number of benzene rings is 1. The third kappa shape index (κ3) is 8.73. The molecule has 2 N–H and O–H groups in total. The molecule has 0 aromatic heterocycles. The van der Waals surface area contributed by atoms with Crippen LogP contribution in [0.5, 0.6) is 0 Å². The second-order valence-corrected chi connectivity index (χ2v) is 2.19. The number of carboxylic acids is 2. The first-order chi connectivity index (χ1) is 5.61. The van der Waals surface area contributed by atoms with Gasteiger partial charge in [-0.25, -0.2) is 9.59 Å². The Morgan fingerprint density at radius 2 is 0.933 bits per heavy atom. The van der Waals surface area contributed by atoms with Crippen LogP contribution in [0.4, 0.5) is 0 Å². The minimum absolute atomic E-state index is 0. The molecule has 0 fully saturated rings. The molecule has 0 heterocycles. The largest absolute Gasteiger partial charge is 1.00 e. The molecular formula is C8H6K3O4+3. The zero-order valence-corrected chi connectivity index (χ0v) is 18.4. The van der Waals surface area contributed by atoms with E-state index in [0.29, 0.717) is 0 Å². The molecule has 62 valence electrons. The van der Waals surface area contributed by atoms with Crippen LogP contribution in [0.2, 0.25) is 0 Å². The van der Waals surface area contributed by atoms with Crippen LogP contribution in [0.15, 0.2) is 24.3 Å². The van der Waals surface area contributed by atoms with Gasteiger partial charge in [0.25, 0.3) is 0 Å². The van der Waals surface area contributed by atoms with Crippen LogP contribution in [0, 0.1) is 0 Å². The molecule has 0 aliphatic rings. The Labute approximate surface area is 215 Å². The Kier molecular flexibility index (Phi) is 18.7. The normalized spacial score (nSPS) is 7.47. The van der Waals surface area contributed by atoms with Crippen molar-refractivity contribution in [3.8, 4) is 0 Å². The predicted molar refractivity (Wildman–Crippen MR) is 40.4 cm³/mol. The van der Waals surface area contributed by atoms with Gasteiger partial charge in [-0.1, -0.05) is 0 Å². The van der Waals surface area contributed by atoms with Gasteiger partial charge in [-0.15, -0.1) is 0 Å². The number of carboxylic acid groups (broad SMARTS) is 2. The molecule has 1 aromatic rings. The summed E-state index contributed by atoms with van der Waals surface area (Å²) in [5, 5.41) is 16.9. The van der Waals surface area contributed by atoms with Crippen molar-refractivity contribution >= 4 is 11.9 Å². The first kappa shape index (κ1) is 23.2. The molecule has 0 saturated carbocycles. The number of rotatable bonds is 2. The van der Waals surface area contributed by atoms with Crippen LogP contribution < -0.4 is 154 Å². The van der Waals surface area contributed by atoms with Gasteiger partial charge >= 0.3 is 166 Å². The van der Waals surface area contributed by atoms with Gasteiger partial charge in [-0.3, -0.25) is 0 Å². The van der Waals surface area contributed by atoms with Crippen LogP contribution in [0.1, 0.15) is 20.7 Å². The predicted octanol–water partition coefficient (Wildman–Crippen LogP) is -7.91. The smallest absolute Gasteiger partial charge is 0.478 e. The van der Waals surface area contributed by atoms with E-state index in [-0.39, 0.29) is 165 Å². The molecule has 0 aliphatic carbocycles. The second-order valence-electron chi connectivity index (χ2n) is 2.19. The van der Waals surface area contributed by atoms with Gasteiger partial charge in [0.2, 0.25) is 0 Å². The third-order valence-corrected chi connectivity index (χ3v) is 1.38. The van der Waals surface area contributed by atoms with Crippen LogP contribution in [0.3, 0.4) is 0 Å². The van der Waals surface area contributed by atoms with Crippen LogP contribution in [-0.4, -0.2) is 22.2 Å². The van der Waals surface area contributed by atoms with Crippen molar-refractivity contribution in [2.45, 2.75) is 0 Å². The molecule has 1 rings (SSSR count). The van der Waals surface area contributed by atoms with Gasteiger partial charge in [-0.05, 0) is 24.3 Å². The molecule has 1 aromatic carbocycles. The molecule has 15 heavy (non-hydrogen) atoms. The molecule has 0 unspecified atom stereocenters. The summed E-state index contributed by atoms with van der Waals surface area (Å²) in [4.78, 5) is 20.7. The Morgan fingerprint density at radius 1 is 0.733 bits per heavy atom. The third-order valence-electron chi connectivity index (χ3n) is 1.38. The first-order valence-corrected chi connectivity index (χ1v) is 3.18. The van der Waals surface area contributed by atoms with Gasteiger partial charge in [0.15, 0.2) is 0 Å². The van der Waals surface area contributed by atoms with Crippen molar-refractivity contribution in [3.05, 3.63) is 35.4 Å². The summed E-state index contributed by atoms with van der Waals surface area (Å²) in [5.41, 5.74) is 0.167. The van der Waals surface area contributed by atoms with E-state index in [9.17, 15) is 9.59 Å². The molecule has 0 bridgehead atoms. The summed E-state index contributed by atoms with van der Waals surface area (Å²) in [6, 6.07) is 5.02. The number of aromatic carboxylic acids is 2. The van der Waals surface area contributed by atoms with Gasteiger partial charge in [0.05, 0.1) is 11.1 Å². The monoisotopic (exact) mass is 283 g/mol. The summed E-state index contributed by atoms with van der Waals surface area (Å²) >= 11 is 0. The van der Waals surface area contributed by atoms with E-state index in [0.717, 1.165) is 0 Å². The van der Waals surface area contributed by atoms with Gasteiger partial charge < -0.3 is 10.2 Å². The van der Waals surface area contributed by atoms with E-state index in [1.54, 1.807) is 0 Å². The van der Waals surface area contributed by atoms with E-state index < -0.39 is 11.9 Å². The van der Waals surface area contributed by atoms with Crippen molar-refractivity contribution in [1.82, 2.24) is 0 Å². The van der Waals surface area contributed by atoms with E-state index in [1.165, 1.54) is 24.3 Å². The van der Waals surface area contributed by atoms with Gasteiger partial charge in [-0.2, -0.15) is 0 Å². The average Bonchev–Trinajstić information content (AvgIpc) is 2.04. The minimum Gasteiger partial charge on any atom is -0.478 e. The van der Waals surface area contributed by atoms with Gasteiger partial charge in [0.1, 0.15) is 0 Å². The minimum atomic E-state index is -1.06. The van der Waals surface area contributed by atoms with Crippen molar-refractivity contribution in [2.75, 3.05) is 0 Å². The maximum atomic E-state index is 10.3. The summed E-state index contributed by atoms with van der Waals surface area (Å²) in [7, 11) is 0. The Balaban J connectivity index is -0.000000480. The first-order valence-electron chi connectivity index (χ1n) is 3.18. The average molecular weight is 283 g/mol. The fourth-order valence-electron chi connectivity index (χ4n) is 0.755. The second kappa shape index (κ2) is 12.1. The molecule has 0 saturated heterocycles. The van der Waals surface area contributed by atoms with Gasteiger partial charge in [0, 0.05) is 0 Å². The molecule has 0 amide bonds. The molecule has 0 spiro atoms. The van der Waals surface area contributed by atoms with Crippen molar-refractivity contribution < 1.29 is 174 Å². The zero-order chi connectivity index (χ0) is 9.14. The summed E-state index contributed by atoms with van der Waals surface area (Å²) in [6.45, 7) is 0. The molecule has 0 aliphatic heterocycles. The topological polar surface area (TPSA) is 74.6 Å². The molecule has 7 heteroatoms. The van der Waals surface area contributed by atoms with Crippen molar-refractivity contribution in [3.63, 3.8) is 0 Å². The number of hydrogen-bond acceptors (Lipinski definition) is 2. The maximum absolute atomic E-state index is 10.3. The fourth-order valence-corrected chi connectivity index (χ4v) is 0.755. The SMILES string of the molecule is O=C(O)c1ccc(C(=O)O)cc1.[K+].[K+].[K+]. The van der Waals surface area contributed by atoms with E-state index >= 15 is 0 Å². The standard InChI is InChI=1S/C8H6O4.3K/c9-7(10)5-1-2-6(4-3-5)8(11)12;;;/h1-4H,(H,9,10)(H,11,12);;;/q;3*+1. The fraction of sp³-hybridized carbons (Fsp3) is 0. The van der Waals surface area contributed by atoms with E-state index in [1.807, 2.05) is 0 Å². The summed E-state index contributed by atoms with van der Waals surface area (Å²) < 4.78 is 0. The van der Waals surface area contributed by atoms with Crippen molar-refractivity contribution in [2.24, 2.45) is 0 Å². The Hall–Kier alpha value is 3.07. The summed E-state index contributed by atoms with van der Waals surface area (Å²) in [5.74, 6) is -2.13. The quantitative estimate of drug-likeness (QED) is 0.529. The number of hydrogen-bond donors (Lipinski definition) is 2. The maximum Gasteiger partial charge on any atom is 1.00 e. The molecule has 0 radical (unpaired) electrons. The van der Waals surface area contributed by atoms with E-state index in [2.05, 4.69) is 0 Å². The zero-order valence-electron chi connectivity index (χ0n) is 9.02. The van der Waals surface area contributed by atoms with Crippen LogP contribution in [-0.2, 0) is 0 Å².